The number of hydrogen-bond donors (Lipinski definition) is 2. The van der Waals surface area contributed by atoms with Crippen LogP contribution in [0.1, 0.15) is 36.5 Å². The molecule has 2 atom stereocenters. The lowest BCUT2D eigenvalue weighted by atomic mass is 9.76. The summed E-state index contributed by atoms with van der Waals surface area (Å²) in [5.41, 5.74) is 2.39. The third kappa shape index (κ3) is 3.82. The SMILES string of the molecule is CN1C(=N)N[C@](C)([C@@H]2CCCN(C(=O)c3ccc(-c4ccccc4)cc3)C2)CC1=O. The van der Waals surface area contributed by atoms with Crippen LogP contribution in [0, 0.1) is 11.3 Å². The number of likely N-dealkylation sites (tertiary alicyclic amines) is 1. The molecule has 30 heavy (non-hydrogen) atoms. The van der Waals surface area contributed by atoms with Gasteiger partial charge in [-0.15, -0.1) is 0 Å². The van der Waals surface area contributed by atoms with Gasteiger partial charge in [0.25, 0.3) is 5.91 Å². The number of hydrogen-bond acceptors (Lipinski definition) is 3. The Balaban J connectivity index is 1.47. The van der Waals surface area contributed by atoms with E-state index in [-0.39, 0.29) is 23.7 Å². The summed E-state index contributed by atoms with van der Waals surface area (Å²) in [5, 5.41) is 11.3. The van der Waals surface area contributed by atoms with Gasteiger partial charge < -0.3 is 10.2 Å². The fraction of sp³-hybridized carbons (Fsp3) is 0.375. The molecule has 0 aliphatic carbocycles. The van der Waals surface area contributed by atoms with E-state index >= 15 is 0 Å². The molecule has 2 N–H and O–H groups in total. The monoisotopic (exact) mass is 404 g/mol. The van der Waals surface area contributed by atoms with E-state index in [0.717, 1.165) is 30.5 Å². The van der Waals surface area contributed by atoms with Gasteiger partial charge in [-0.3, -0.25) is 19.9 Å². The first kappa shape index (κ1) is 20.1. The van der Waals surface area contributed by atoms with Crippen molar-refractivity contribution in [3.63, 3.8) is 0 Å². The van der Waals surface area contributed by atoms with Crippen molar-refractivity contribution in [3.8, 4) is 11.1 Å². The zero-order valence-corrected chi connectivity index (χ0v) is 17.5. The molecule has 6 nitrogen and oxygen atoms in total. The Labute approximate surface area is 177 Å². The Morgan fingerprint density at radius 1 is 1.10 bits per heavy atom. The van der Waals surface area contributed by atoms with Gasteiger partial charge in [0.1, 0.15) is 0 Å². The Bertz CT molecular complexity index is 937. The summed E-state index contributed by atoms with van der Waals surface area (Å²) in [6, 6.07) is 17.9. The molecule has 2 fully saturated rings. The predicted molar refractivity (Wildman–Crippen MR) is 117 cm³/mol. The fourth-order valence-corrected chi connectivity index (χ4v) is 4.50. The van der Waals surface area contributed by atoms with Crippen LogP contribution in [-0.4, -0.2) is 53.2 Å². The lowest BCUT2D eigenvalue weighted by Gasteiger charge is -2.47. The minimum atomic E-state index is -0.503. The number of carbonyl (C=O) groups excluding carboxylic acids is 2. The summed E-state index contributed by atoms with van der Waals surface area (Å²) in [7, 11) is 1.62. The van der Waals surface area contributed by atoms with Gasteiger partial charge in [0.05, 0.1) is 12.0 Å². The number of carbonyl (C=O) groups is 2. The van der Waals surface area contributed by atoms with Crippen LogP contribution >= 0.6 is 0 Å². The second-order valence-electron chi connectivity index (χ2n) is 8.55. The summed E-state index contributed by atoms with van der Waals surface area (Å²) in [4.78, 5) is 28.7. The maximum Gasteiger partial charge on any atom is 0.253 e. The van der Waals surface area contributed by atoms with Gasteiger partial charge in [0, 0.05) is 25.7 Å². The summed E-state index contributed by atoms with van der Waals surface area (Å²) in [6.07, 6.45) is 2.17. The van der Waals surface area contributed by atoms with Crippen LogP contribution in [0.15, 0.2) is 54.6 Å². The first-order valence-electron chi connectivity index (χ1n) is 10.5. The largest absolute Gasteiger partial charge is 0.350 e. The molecule has 0 saturated carbocycles. The average molecular weight is 405 g/mol. The smallest absolute Gasteiger partial charge is 0.253 e. The molecule has 2 aliphatic rings. The molecule has 2 aromatic rings. The molecule has 0 spiro atoms. The van der Waals surface area contributed by atoms with Gasteiger partial charge in [-0.25, -0.2) is 0 Å². The zero-order valence-electron chi connectivity index (χ0n) is 17.5. The summed E-state index contributed by atoms with van der Waals surface area (Å²) >= 11 is 0. The lowest BCUT2D eigenvalue weighted by molar-refractivity contribution is -0.130. The second kappa shape index (κ2) is 7.94. The van der Waals surface area contributed by atoms with Crippen molar-refractivity contribution in [3.05, 3.63) is 60.2 Å². The number of guanidine groups is 1. The van der Waals surface area contributed by atoms with Crippen LogP contribution in [0.25, 0.3) is 11.1 Å². The first-order chi connectivity index (χ1) is 14.4. The van der Waals surface area contributed by atoms with Gasteiger partial charge >= 0.3 is 0 Å². The summed E-state index contributed by atoms with van der Waals surface area (Å²) < 4.78 is 0. The molecule has 0 aromatic heterocycles. The predicted octanol–water partition coefficient (Wildman–Crippen LogP) is 3.35. The number of rotatable bonds is 3. The highest BCUT2D eigenvalue weighted by Crippen LogP contribution is 2.33. The van der Waals surface area contributed by atoms with Crippen LogP contribution in [-0.2, 0) is 4.79 Å². The number of nitrogens with zero attached hydrogens (tertiary/aromatic N) is 2. The number of benzene rings is 2. The maximum atomic E-state index is 13.1. The molecule has 4 rings (SSSR count). The van der Waals surface area contributed by atoms with Crippen molar-refractivity contribution in [1.82, 2.24) is 15.1 Å². The third-order valence-corrected chi connectivity index (χ3v) is 6.48. The Morgan fingerprint density at radius 3 is 2.43 bits per heavy atom. The van der Waals surface area contributed by atoms with Gasteiger partial charge in [-0.1, -0.05) is 42.5 Å². The van der Waals surface area contributed by atoms with Crippen molar-refractivity contribution in [2.75, 3.05) is 20.1 Å². The van der Waals surface area contributed by atoms with Crippen LogP contribution in [0.4, 0.5) is 0 Å². The summed E-state index contributed by atoms with van der Waals surface area (Å²) in [6.45, 7) is 3.31. The topological polar surface area (TPSA) is 76.5 Å². The van der Waals surface area contributed by atoms with Crippen molar-refractivity contribution in [2.24, 2.45) is 5.92 Å². The van der Waals surface area contributed by atoms with Gasteiger partial charge in [-0.2, -0.15) is 0 Å². The van der Waals surface area contributed by atoms with Crippen molar-refractivity contribution in [1.29, 1.82) is 5.41 Å². The molecule has 0 radical (unpaired) electrons. The molecule has 156 valence electrons. The quantitative estimate of drug-likeness (QED) is 0.824. The second-order valence-corrected chi connectivity index (χ2v) is 8.55. The molecule has 0 bridgehead atoms. The van der Waals surface area contributed by atoms with E-state index in [0.29, 0.717) is 18.5 Å². The molecule has 2 aliphatic heterocycles. The molecule has 2 aromatic carbocycles. The van der Waals surface area contributed by atoms with Crippen LogP contribution in [0.3, 0.4) is 0 Å². The number of nitrogens with one attached hydrogen (secondary N) is 2. The van der Waals surface area contributed by atoms with Crippen molar-refractivity contribution in [2.45, 2.75) is 31.7 Å². The maximum absolute atomic E-state index is 13.1. The highest BCUT2D eigenvalue weighted by molar-refractivity contribution is 5.99. The Kier molecular flexibility index (Phi) is 5.33. The Morgan fingerprint density at radius 2 is 1.77 bits per heavy atom. The van der Waals surface area contributed by atoms with Gasteiger partial charge in [0.15, 0.2) is 5.96 Å². The summed E-state index contributed by atoms with van der Waals surface area (Å²) in [5.74, 6) is 0.226. The number of piperidine rings is 1. The first-order valence-corrected chi connectivity index (χ1v) is 10.5. The molecule has 2 amide bonds. The van der Waals surface area contributed by atoms with Crippen LogP contribution in [0.2, 0.25) is 0 Å². The van der Waals surface area contributed by atoms with E-state index in [2.05, 4.69) is 17.4 Å². The van der Waals surface area contributed by atoms with E-state index < -0.39 is 5.54 Å². The fourth-order valence-electron chi connectivity index (χ4n) is 4.50. The van der Waals surface area contributed by atoms with Crippen LogP contribution < -0.4 is 5.32 Å². The van der Waals surface area contributed by atoms with E-state index in [4.69, 9.17) is 5.41 Å². The molecular formula is C24H28N4O2. The Hall–Kier alpha value is -3.15. The molecular weight excluding hydrogens is 376 g/mol. The third-order valence-electron chi connectivity index (χ3n) is 6.48. The van der Waals surface area contributed by atoms with Gasteiger partial charge in [-0.05, 0) is 48.9 Å². The molecule has 6 heteroatoms. The molecule has 2 heterocycles. The van der Waals surface area contributed by atoms with Crippen molar-refractivity contribution >= 4 is 17.8 Å². The normalized spacial score (nSPS) is 24.5. The van der Waals surface area contributed by atoms with E-state index in [1.165, 1.54) is 4.90 Å². The van der Waals surface area contributed by atoms with E-state index in [9.17, 15) is 9.59 Å². The van der Waals surface area contributed by atoms with Crippen molar-refractivity contribution < 1.29 is 9.59 Å². The minimum Gasteiger partial charge on any atom is -0.350 e. The molecule has 0 unspecified atom stereocenters. The zero-order chi connectivity index (χ0) is 21.3. The van der Waals surface area contributed by atoms with Crippen LogP contribution in [0.5, 0.6) is 0 Å². The highest BCUT2D eigenvalue weighted by atomic mass is 16.2. The lowest BCUT2D eigenvalue weighted by Crippen LogP contribution is -2.65. The van der Waals surface area contributed by atoms with E-state index in [1.54, 1.807) is 7.05 Å². The standard InChI is InChI=1S/C24H28N4O2/c1-24(15-21(29)27(2)23(25)26-24)20-9-6-14-28(16-20)22(30)19-12-10-18(11-13-19)17-7-4-3-5-8-17/h3-5,7-8,10-13,20H,6,9,14-16H2,1-2H3,(H2,25,26)/t20-,24+/m1/s1. The average Bonchev–Trinajstić information content (AvgIpc) is 2.78. The highest BCUT2D eigenvalue weighted by Gasteiger charge is 2.44. The van der Waals surface area contributed by atoms with Gasteiger partial charge in [0.2, 0.25) is 5.91 Å². The number of amides is 2. The minimum absolute atomic E-state index is 0.0252. The molecule has 2 saturated heterocycles. The van der Waals surface area contributed by atoms with E-state index in [1.807, 2.05) is 54.3 Å².